The van der Waals surface area contributed by atoms with E-state index in [4.69, 9.17) is 39.5 Å². The summed E-state index contributed by atoms with van der Waals surface area (Å²) in [5, 5.41) is 7.76. The average Bonchev–Trinajstić information content (AvgIpc) is 3.22. The maximum Gasteiger partial charge on any atom is 0.261 e. The van der Waals surface area contributed by atoms with Gasteiger partial charge in [0.15, 0.2) is 5.66 Å². The van der Waals surface area contributed by atoms with Crippen molar-refractivity contribution < 1.29 is 9.53 Å². The molecule has 3 aromatic carbocycles. The van der Waals surface area contributed by atoms with Gasteiger partial charge in [0.1, 0.15) is 5.75 Å². The third kappa shape index (κ3) is 5.23. The van der Waals surface area contributed by atoms with Crippen LogP contribution in [0.3, 0.4) is 0 Å². The van der Waals surface area contributed by atoms with Crippen molar-refractivity contribution in [2.24, 2.45) is 0 Å². The predicted molar refractivity (Wildman–Crippen MR) is 144 cm³/mol. The number of rotatable bonds is 6. The minimum Gasteiger partial charge on any atom is -0.493 e. The first kappa shape index (κ1) is 26.0. The van der Waals surface area contributed by atoms with Crippen LogP contribution in [0, 0.1) is 0 Å². The highest BCUT2D eigenvalue weighted by Crippen LogP contribution is 2.45. The van der Waals surface area contributed by atoms with Crippen molar-refractivity contribution in [1.29, 1.82) is 0 Å². The molecule has 0 radical (unpaired) electrons. The van der Waals surface area contributed by atoms with Crippen LogP contribution in [0.2, 0.25) is 10.0 Å². The number of carbonyl (C=O) groups excluding carboxylic acids is 1. The zero-order valence-corrected chi connectivity index (χ0v) is 22.4. The Morgan fingerprint density at radius 1 is 0.886 bits per heavy atom. The predicted octanol–water partition coefficient (Wildman–Crippen LogP) is 7.28. The highest BCUT2D eigenvalue weighted by Gasteiger charge is 2.52. The van der Waals surface area contributed by atoms with Gasteiger partial charge in [-0.25, -0.2) is 0 Å². The molecule has 2 unspecified atom stereocenters. The van der Waals surface area contributed by atoms with Gasteiger partial charge in [0, 0.05) is 15.6 Å². The van der Waals surface area contributed by atoms with Gasteiger partial charge >= 0.3 is 0 Å². The Hall–Kier alpha value is -2.08. The molecule has 1 saturated heterocycles. The first-order chi connectivity index (χ1) is 16.5. The number of ether oxygens (including phenoxy) is 1. The fourth-order valence-corrected chi connectivity index (χ4v) is 4.98. The zero-order valence-electron chi connectivity index (χ0n) is 20.2. The summed E-state index contributed by atoms with van der Waals surface area (Å²) in [7, 11) is 0. The van der Waals surface area contributed by atoms with E-state index in [1.165, 1.54) is 0 Å². The molecule has 0 spiro atoms. The van der Waals surface area contributed by atoms with Crippen LogP contribution in [0.1, 0.15) is 62.0 Å². The lowest BCUT2D eigenvalue weighted by Gasteiger charge is -2.30. The largest absolute Gasteiger partial charge is 0.493 e. The van der Waals surface area contributed by atoms with Crippen LogP contribution in [-0.2, 0) is 15.9 Å². The van der Waals surface area contributed by atoms with E-state index in [0.717, 1.165) is 16.7 Å². The Balaban J connectivity index is 1.88. The van der Waals surface area contributed by atoms with Crippen molar-refractivity contribution in [2.45, 2.75) is 50.9 Å². The smallest absolute Gasteiger partial charge is 0.261 e. The van der Waals surface area contributed by atoms with Crippen LogP contribution in [0.5, 0.6) is 5.75 Å². The standard InChI is InChI=1S/C28H29Cl3N2O2/c1-5-35-23-16-19(27(2,3)4)10-15-22(23)28(26(31)34)32-24(17-6-11-20(29)12-7-17)25(33-28)18-8-13-21(30)14-9-18/h6-16,24-25,32-33H,5H2,1-4H3. The van der Waals surface area contributed by atoms with Gasteiger partial charge in [-0.15, -0.1) is 0 Å². The van der Waals surface area contributed by atoms with E-state index in [-0.39, 0.29) is 17.5 Å². The van der Waals surface area contributed by atoms with Crippen molar-refractivity contribution in [3.8, 4) is 5.75 Å². The lowest BCUT2D eigenvalue weighted by atomic mass is 9.85. The Bertz CT molecular complexity index is 1150. The molecule has 2 atom stereocenters. The van der Waals surface area contributed by atoms with E-state index in [9.17, 15) is 4.79 Å². The molecular formula is C28H29Cl3N2O2. The second kappa shape index (κ2) is 10.1. The molecule has 7 heteroatoms. The van der Waals surface area contributed by atoms with Gasteiger partial charge in [-0.05, 0) is 71.0 Å². The molecule has 0 bridgehead atoms. The van der Waals surface area contributed by atoms with Crippen LogP contribution < -0.4 is 15.4 Å². The van der Waals surface area contributed by atoms with Crippen molar-refractivity contribution in [1.82, 2.24) is 10.6 Å². The van der Waals surface area contributed by atoms with E-state index >= 15 is 0 Å². The van der Waals surface area contributed by atoms with E-state index in [1.54, 1.807) is 0 Å². The topological polar surface area (TPSA) is 50.4 Å². The molecular weight excluding hydrogens is 503 g/mol. The van der Waals surface area contributed by atoms with Gasteiger partial charge in [-0.1, -0.05) is 80.4 Å². The van der Waals surface area contributed by atoms with Gasteiger partial charge in [-0.3, -0.25) is 15.4 Å². The van der Waals surface area contributed by atoms with E-state index in [1.807, 2.05) is 73.7 Å². The van der Waals surface area contributed by atoms with Gasteiger partial charge in [0.05, 0.1) is 18.7 Å². The Morgan fingerprint density at radius 3 is 1.77 bits per heavy atom. The minimum absolute atomic E-state index is 0.0866. The number of halogens is 3. The van der Waals surface area contributed by atoms with Crippen molar-refractivity contribution in [2.75, 3.05) is 6.61 Å². The summed E-state index contributed by atoms with van der Waals surface area (Å²) >= 11 is 18.7. The van der Waals surface area contributed by atoms with Crippen molar-refractivity contribution >= 4 is 40.0 Å². The van der Waals surface area contributed by atoms with E-state index in [2.05, 4.69) is 31.4 Å². The molecule has 1 fully saturated rings. The molecule has 4 nitrogen and oxygen atoms in total. The molecule has 3 aromatic rings. The molecule has 35 heavy (non-hydrogen) atoms. The summed E-state index contributed by atoms with van der Waals surface area (Å²) in [5.74, 6) is 0.612. The third-order valence-electron chi connectivity index (χ3n) is 6.38. The highest BCUT2D eigenvalue weighted by molar-refractivity contribution is 6.65. The fraction of sp³-hybridized carbons (Fsp3) is 0.321. The van der Waals surface area contributed by atoms with Crippen LogP contribution in [0.25, 0.3) is 0 Å². The second-order valence-corrected chi connectivity index (χ2v) is 11.0. The van der Waals surface area contributed by atoms with Gasteiger partial charge in [0.25, 0.3) is 5.24 Å². The van der Waals surface area contributed by atoms with Crippen molar-refractivity contribution in [3.05, 3.63) is 99.0 Å². The molecule has 4 rings (SSSR count). The third-order valence-corrected chi connectivity index (χ3v) is 7.17. The molecule has 184 valence electrons. The second-order valence-electron chi connectivity index (χ2n) is 9.76. The van der Waals surface area contributed by atoms with E-state index in [0.29, 0.717) is 28.0 Å². The number of benzene rings is 3. The quantitative estimate of drug-likeness (QED) is 0.328. The van der Waals surface area contributed by atoms with Crippen LogP contribution in [0.4, 0.5) is 0 Å². The first-order valence-electron chi connectivity index (χ1n) is 11.6. The molecule has 1 heterocycles. The summed E-state index contributed by atoms with van der Waals surface area (Å²) < 4.78 is 6.05. The van der Waals surface area contributed by atoms with Gasteiger partial charge in [-0.2, -0.15) is 0 Å². The van der Waals surface area contributed by atoms with Crippen LogP contribution >= 0.6 is 34.8 Å². The molecule has 0 aliphatic carbocycles. The summed E-state index contributed by atoms with van der Waals surface area (Å²) in [6.07, 6.45) is 0. The lowest BCUT2D eigenvalue weighted by molar-refractivity contribution is -0.118. The first-order valence-corrected chi connectivity index (χ1v) is 12.7. The Labute approximate surface area is 221 Å². The zero-order chi connectivity index (χ0) is 25.4. The summed E-state index contributed by atoms with van der Waals surface area (Å²) in [4.78, 5) is 13.2. The SMILES string of the molecule is CCOc1cc(C(C)(C)C)ccc1C1(C(=O)Cl)NC(c2ccc(Cl)cc2)C(c2ccc(Cl)cc2)N1. The van der Waals surface area contributed by atoms with Crippen molar-refractivity contribution in [3.63, 3.8) is 0 Å². The highest BCUT2D eigenvalue weighted by atomic mass is 35.5. The summed E-state index contributed by atoms with van der Waals surface area (Å²) in [5.41, 5.74) is 2.20. The minimum atomic E-state index is -1.38. The maximum atomic E-state index is 13.2. The van der Waals surface area contributed by atoms with Crippen LogP contribution in [-0.4, -0.2) is 11.8 Å². The Morgan fingerprint density at radius 2 is 1.37 bits per heavy atom. The molecule has 2 N–H and O–H groups in total. The van der Waals surface area contributed by atoms with Crippen LogP contribution in [0.15, 0.2) is 66.7 Å². The van der Waals surface area contributed by atoms with Gasteiger partial charge < -0.3 is 4.74 Å². The van der Waals surface area contributed by atoms with E-state index < -0.39 is 10.9 Å². The number of nitrogens with one attached hydrogen (secondary N) is 2. The lowest BCUT2D eigenvalue weighted by Crippen LogP contribution is -2.51. The van der Waals surface area contributed by atoms with Gasteiger partial charge in [0.2, 0.25) is 0 Å². The Kier molecular flexibility index (Phi) is 7.51. The summed E-state index contributed by atoms with van der Waals surface area (Å²) in [6, 6.07) is 20.5. The molecule has 0 saturated carbocycles. The molecule has 1 aliphatic heterocycles. The maximum absolute atomic E-state index is 13.2. The number of carbonyl (C=O) groups is 1. The molecule has 1 aliphatic rings. The average molecular weight is 532 g/mol. The fourth-order valence-electron chi connectivity index (χ4n) is 4.52. The normalized spacial score (nSPS) is 22.3. The summed E-state index contributed by atoms with van der Waals surface area (Å²) in [6.45, 7) is 8.79. The monoisotopic (exact) mass is 530 g/mol. The number of hydrogen-bond acceptors (Lipinski definition) is 4. The molecule has 0 aromatic heterocycles. The number of hydrogen-bond donors (Lipinski definition) is 2. The molecule has 0 amide bonds.